The van der Waals surface area contributed by atoms with Crippen LogP contribution < -0.4 is 5.32 Å². The monoisotopic (exact) mass is 291 g/mol. The molecule has 0 unspecified atom stereocenters. The van der Waals surface area contributed by atoms with Gasteiger partial charge in [0.1, 0.15) is 0 Å². The summed E-state index contributed by atoms with van der Waals surface area (Å²) >= 11 is 12.3. The SMILES string of the molecule is Clc1ccc(CC2(c3ccccc3Cl)CNC2)cc1. The average Bonchev–Trinajstić information content (AvgIpc) is 2.37. The molecule has 0 bridgehead atoms. The maximum Gasteiger partial charge on any atom is 0.0444 e. The molecule has 1 aliphatic heterocycles. The highest BCUT2D eigenvalue weighted by Crippen LogP contribution is 2.36. The quantitative estimate of drug-likeness (QED) is 0.899. The Morgan fingerprint density at radius 2 is 1.63 bits per heavy atom. The molecule has 3 heteroatoms. The number of rotatable bonds is 3. The predicted molar refractivity (Wildman–Crippen MR) is 81.2 cm³/mol. The molecule has 0 amide bonds. The van der Waals surface area contributed by atoms with E-state index < -0.39 is 0 Å². The van der Waals surface area contributed by atoms with E-state index in [1.54, 1.807) is 0 Å². The summed E-state index contributed by atoms with van der Waals surface area (Å²) < 4.78 is 0. The van der Waals surface area contributed by atoms with Crippen molar-refractivity contribution >= 4 is 23.2 Å². The number of hydrogen-bond acceptors (Lipinski definition) is 1. The fourth-order valence-corrected chi connectivity index (χ4v) is 3.18. The molecule has 0 atom stereocenters. The lowest BCUT2D eigenvalue weighted by atomic mass is 9.71. The summed E-state index contributed by atoms with van der Waals surface area (Å²) in [5.74, 6) is 0. The van der Waals surface area contributed by atoms with E-state index in [0.717, 1.165) is 29.6 Å². The molecule has 2 aromatic carbocycles. The molecule has 0 spiro atoms. The van der Waals surface area contributed by atoms with Crippen molar-refractivity contribution in [1.29, 1.82) is 0 Å². The molecule has 0 aliphatic carbocycles. The minimum absolute atomic E-state index is 0.117. The maximum absolute atomic E-state index is 6.36. The summed E-state index contributed by atoms with van der Waals surface area (Å²) in [6.45, 7) is 1.94. The third-order valence-electron chi connectivity index (χ3n) is 3.83. The van der Waals surface area contributed by atoms with E-state index in [9.17, 15) is 0 Å². The van der Waals surface area contributed by atoms with Gasteiger partial charge in [-0.15, -0.1) is 0 Å². The van der Waals surface area contributed by atoms with Crippen LogP contribution in [0.5, 0.6) is 0 Å². The molecule has 1 heterocycles. The fourth-order valence-electron chi connectivity index (χ4n) is 2.72. The number of benzene rings is 2. The van der Waals surface area contributed by atoms with Gasteiger partial charge in [-0.2, -0.15) is 0 Å². The van der Waals surface area contributed by atoms with Crippen LogP contribution in [0.25, 0.3) is 0 Å². The van der Waals surface area contributed by atoms with Crippen molar-refractivity contribution in [2.45, 2.75) is 11.8 Å². The van der Waals surface area contributed by atoms with Gasteiger partial charge in [-0.1, -0.05) is 53.5 Å². The smallest absolute Gasteiger partial charge is 0.0444 e. The summed E-state index contributed by atoms with van der Waals surface area (Å²) in [6, 6.07) is 16.2. The lowest BCUT2D eigenvalue weighted by Gasteiger charge is -2.44. The van der Waals surface area contributed by atoms with Crippen LogP contribution in [0.3, 0.4) is 0 Å². The third-order valence-corrected chi connectivity index (χ3v) is 4.41. The van der Waals surface area contributed by atoms with Gasteiger partial charge in [0.2, 0.25) is 0 Å². The second-order valence-corrected chi connectivity index (χ2v) is 6.01. The Morgan fingerprint density at radius 3 is 2.21 bits per heavy atom. The van der Waals surface area contributed by atoms with E-state index in [-0.39, 0.29) is 5.41 Å². The molecular formula is C16H15Cl2N. The Kier molecular flexibility index (Phi) is 3.53. The molecule has 3 rings (SSSR count). The summed E-state index contributed by atoms with van der Waals surface area (Å²) in [6.07, 6.45) is 0.987. The van der Waals surface area contributed by atoms with Gasteiger partial charge in [-0.25, -0.2) is 0 Å². The van der Waals surface area contributed by atoms with Gasteiger partial charge in [0.15, 0.2) is 0 Å². The van der Waals surface area contributed by atoms with Crippen LogP contribution in [0.2, 0.25) is 10.0 Å². The first-order valence-corrected chi connectivity index (χ1v) is 7.15. The molecular weight excluding hydrogens is 277 g/mol. The largest absolute Gasteiger partial charge is 0.315 e. The highest BCUT2D eigenvalue weighted by atomic mass is 35.5. The molecule has 1 aliphatic rings. The number of hydrogen-bond donors (Lipinski definition) is 1. The average molecular weight is 292 g/mol. The first-order chi connectivity index (χ1) is 9.20. The summed E-state index contributed by atoms with van der Waals surface area (Å²) in [5, 5.41) is 5.01. The first-order valence-electron chi connectivity index (χ1n) is 6.40. The van der Waals surface area contributed by atoms with Crippen LogP contribution in [-0.2, 0) is 11.8 Å². The van der Waals surface area contributed by atoms with E-state index >= 15 is 0 Å². The normalized spacial score (nSPS) is 16.9. The van der Waals surface area contributed by atoms with E-state index in [0.29, 0.717) is 0 Å². The number of halogens is 2. The Hall–Kier alpha value is -1.02. The zero-order chi connectivity index (χ0) is 13.3. The topological polar surface area (TPSA) is 12.0 Å². The second kappa shape index (κ2) is 5.16. The minimum Gasteiger partial charge on any atom is -0.315 e. The molecule has 1 N–H and O–H groups in total. The highest BCUT2D eigenvalue weighted by Gasteiger charge is 2.39. The third kappa shape index (κ3) is 2.51. The van der Waals surface area contributed by atoms with E-state index in [1.165, 1.54) is 11.1 Å². The van der Waals surface area contributed by atoms with Crippen LogP contribution in [0, 0.1) is 0 Å². The Morgan fingerprint density at radius 1 is 0.947 bits per heavy atom. The number of nitrogens with one attached hydrogen (secondary N) is 1. The van der Waals surface area contributed by atoms with E-state index in [1.807, 2.05) is 24.3 Å². The molecule has 2 aromatic rings. The van der Waals surface area contributed by atoms with Crippen molar-refractivity contribution in [2.75, 3.05) is 13.1 Å². The second-order valence-electron chi connectivity index (χ2n) is 5.17. The van der Waals surface area contributed by atoms with E-state index in [2.05, 4.69) is 29.6 Å². The summed E-state index contributed by atoms with van der Waals surface area (Å²) in [4.78, 5) is 0. The van der Waals surface area contributed by atoms with Gasteiger partial charge < -0.3 is 5.32 Å². The minimum atomic E-state index is 0.117. The van der Waals surface area contributed by atoms with Crippen molar-refractivity contribution in [3.63, 3.8) is 0 Å². The van der Waals surface area contributed by atoms with Crippen molar-refractivity contribution in [1.82, 2.24) is 5.32 Å². The highest BCUT2D eigenvalue weighted by molar-refractivity contribution is 6.31. The van der Waals surface area contributed by atoms with Crippen LogP contribution in [0.1, 0.15) is 11.1 Å². The van der Waals surface area contributed by atoms with E-state index in [4.69, 9.17) is 23.2 Å². The molecule has 1 fully saturated rings. The Labute approximate surface area is 123 Å². The predicted octanol–water partition coefficient (Wildman–Crippen LogP) is 4.08. The van der Waals surface area contributed by atoms with Gasteiger partial charge in [0.25, 0.3) is 0 Å². The molecule has 0 saturated carbocycles. The maximum atomic E-state index is 6.36. The summed E-state index contributed by atoms with van der Waals surface area (Å²) in [5.41, 5.74) is 2.66. The standard InChI is InChI=1S/C16H15Cl2N/c17-13-7-5-12(6-8-13)9-16(10-19-11-16)14-3-1-2-4-15(14)18/h1-8,19H,9-11H2. The lowest BCUT2D eigenvalue weighted by molar-refractivity contribution is 0.275. The zero-order valence-corrected chi connectivity index (χ0v) is 12.0. The van der Waals surface area contributed by atoms with Crippen molar-refractivity contribution in [2.24, 2.45) is 0 Å². The zero-order valence-electron chi connectivity index (χ0n) is 10.5. The molecule has 19 heavy (non-hydrogen) atoms. The van der Waals surface area contributed by atoms with Gasteiger partial charge in [0.05, 0.1) is 0 Å². The molecule has 98 valence electrons. The molecule has 1 nitrogen and oxygen atoms in total. The Balaban J connectivity index is 1.92. The molecule has 0 aromatic heterocycles. The van der Waals surface area contributed by atoms with Crippen molar-refractivity contribution < 1.29 is 0 Å². The Bertz CT molecular complexity index is 574. The molecule has 0 radical (unpaired) electrons. The lowest BCUT2D eigenvalue weighted by Crippen LogP contribution is -2.58. The molecule has 1 saturated heterocycles. The van der Waals surface area contributed by atoms with Gasteiger partial charge in [-0.05, 0) is 35.7 Å². The van der Waals surface area contributed by atoms with Crippen molar-refractivity contribution in [3.05, 3.63) is 69.7 Å². The fraction of sp³-hybridized carbons (Fsp3) is 0.250. The van der Waals surface area contributed by atoms with Gasteiger partial charge in [-0.3, -0.25) is 0 Å². The van der Waals surface area contributed by atoms with Crippen LogP contribution in [0.4, 0.5) is 0 Å². The van der Waals surface area contributed by atoms with Crippen molar-refractivity contribution in [3.8, 4) is 0 Å². The summed E-state index contributed by atoms with van der Waals surface area (Å²) in [7, 11) is 0. The first kappa shape index (κ1) is 13.0. The van der Waals surface area contributed by atoms with Crippen LogP contribution >= 0.6 is 23.2 Å². The van der Waals surface area contributed by atoms with Crippen LogP contribution in [0.15, 0.2) is 48.5 Å². The van der Waals surface area contributed by atoms with Gasteiger partial charge >= 0.3 is 0 Å². The van der Waals surface area contributed by atoms with Crippen LogP contribution in [-0.4, -0.2) is 13.1 Å². The van der Waals surface area contributed by atoms with Gasteiger partial charge in [0, 0.05) is 28.5 Å².